The SMILES string of the molecule is Nc1ccccc1C(=O)NCCS(=O)(=O)CCOS(=O)(=O)O. The van der Waals surface area contributed by atoms with Gasteiger partial charge in [0.1, 0.15) is 0 Å². The molecule has 0 bridgehead atoms. The summed E-state index contributed by atoms with van der Waals surface area (Å²) in [7, 11) is -8.31. The highest BCUT2D eigenvalue weighted by molar-refractivity contribution is 7.91. The second-order valence-corrected chi connectivity index (χ2v) is 7.64. The van der Waals surface area contributed by atoms with E-state index in [-0.39, 0.29) is 17.8 Å². The van der Waals surface area contributed by atoms with E-state index in [2.05, 4.69) is 9.50 Å². The van der Waals surface area contributed by atoms with Crippen LogP contribution in [0.15, 0.2) is 24.3 Å². The van der Waals surface area contributed by atoms with Crippen molar-refractivity contribution >= 4 is 31.8 Å². The lowest BCUT2D eigenvalue weighted by Gasteiger charge is -2.08. The Balaban J connectivity index is 2.43. The highest BCUT2D eigenvalue weighted by Crippen LogP contribution is 2.09. The van der Waals surface area contributed by atoms with E-state index >= 15 is 0 Å². The molecule has 9 nitrogen and oxygen atoms in total. The zero-order valence-corrected chi connectivity index (χ0v) is 13.1. The minimum Gasteiger partial charge on any atom is -0.398 e. The van der Waals surface area contributed by atoms with Crippen molar-refractivity contribution in [3.05, 3.63) is 29.8 Å². The Labute approximate surface area is 128 Å². The van der Waals surface area contributed by atoms with Crippen LogP contribution in [0.25, 0.3) is 0 Å². The van der Waals surface area contributed by atoms with Crippen molar-refractivity contribution in [2.24, 2.45) is 0 Å². The molecule has 1 amide bonds. The molecular weight excluding hydrogens is 336 g/mol. The van der Waals surface area contributed by atoms with Gasteiger partial charge in [0.15, 0.2) is 9.84 Å². The number of carbonyl (C=O) groups excluding carboxylic acids is 1. The number of anilines is 1. The zero-order chi connectivity index (χ0) is 16.8. The van der Waals surface area contributed by atoms with Crippen LogP contribution < -0.4 is 11.1 Å². The molecule has 0 radical (unpaired) electrons. The number of nitrogen functional groups attached to an aromatic ring is 1. The fourth-order valence-corrected chi connectivity index (χ4v) is 2.84. The molecule has 124 valence electrons. The Morgan fingerprint density at radius 2 is 1.82 bits per heavy atom. The van der Waals surface area contributed by atoms with Crippen molar-refractivity contribution in [3.8, 4) is 0 Å². The molecule has 22 heavy (non-hydrogen) atoms. The number of nitrogens with two attached hydrogens (primary N) is 1. The van der Waals surface area contributed by atoms with Crippen LogP contribution in [-0.2, 0) is 24.4 Å². The number of para-hydroxylation sites is 1. The van der Waals surface area contributed by atoms with Gasteiger partial charge in [-0.2, -0.15) is 8.42 Å². The molecule has 0 aliphatic heterocycles. The number of hydrogen-bond acceptors (Lipinski definition) is 7. The highest BCUT2D eigenvalue weighted by atomic mass is 32.3. The Kier molecular flexibility index (Phi) is 6.29. The highest BCUT2D eigenvalue weighted by Gasteiger charge is 2.15. The molecule has 1 aromatic carbocycles. The summed E-state index contributed by atoms with van der Waals surface area (Å²) in [6, 6.07) is 6.32. The van der Waals surface area contributed by atoms with E-state index in [1.165, 1.54) is 6.07 Å². The van der Waals surface area contributed by atoms with Crippen molar-refractivity contribution in [3.63, 3.8) is 0 Å². The predicted octanol–water partition coefficient (Wildman–Crippen LogP) is -0.767. The van der Waals surface area contributed by atoms with Crippen LogP contribution in [0.4, 0.5) is 5.69 Å². The van der Waals surface area contributed by atoms with E-state index in [0.717, 1.165) is 0 Å². The summed E-state index contributed by atoms with van der Waals surface area (Å²) in [4.78, 5) is 11.8. The molecule has 0 spiro atoms. The number of benzene rings is 1. The van der Waals surface area contributed by atoms with E-state index in [0.29, 0.717) is 0 Å². The molecular formula is C11H16N2O7S2. The lowest BCUT2D eigenvalue weighted by molar-refractivity contribution is 0.0957. The van der Waals surface area contributed by atoms with Gasteiger partial charge in [0, 0.05) is 12.2 Å². The lowest BCUT2D eigenvalue weighted by Crippen LogP contribution is -2.31. The second-order valence-electron chi connectivity index (χ2n) is 4.24. The van der Waals surface area contributed by atoms with Crippen molar-refractivity contribution in [2.75, 3.05) is 30.4 Å². The third-order valence-electron chi connectivity index (χ3n) is 2.53. The summed E-state index contributed by atoms with van der Waals surface area (Å²) in [5.41, 5.74) is 6.11. The predicted molar refractivity (Wildman–Crippen MR) is 79.3 cm³/mol. The normalized spacial score (nSPS) is 12.0. The maximum Gasteiger partial charge on any atom is 0.397 e. The molecule has 0 aromatic heterocycles. The van der Waals surface area contributed by atoms with Crippen LogP contribution in [-0.4, -0.2) is 52.0 Å². The third-order valence-corrected chi connectivity index (χ3v) is 4.61. The Hall–Kier alpha value is -1.69. The van der Waals surface area contributed by atoms with Crippen LogP contribution in [0.3, 0.4) is 0 Å². The summed E-state index contributed by atoms with van der Waals surface area (Å²) in [6.07, 6.45) is 0. The Morgan fingerprint density at radius 3 is 2.41 bits per heavy atom. The van der Waals surface area contributed by atoms with Gasteiger partial charge < -0.3 is 11.1 Å². The first-order valence-corrected chi connectivity index (χ1v) is 9.24. The average Bonchev–Trinajstić information content (AvgIpc) is 2.36. The first-order chi connectivity index (χ1) is 10.1. The van der Waals surface area contributed by atoms with Gasteiger partial charge in [-0.3, -0.25) is 9.35 Å². The van der Waals surface area contributed by atoms with Gasteiger partial charge in [0.25, 0.3) is 5.91 Å². The number of hydrogen-bond donors (Lipinski definition) is 3. The quantitative estimate of drug-likeness (QED) is 0.407. The van der Waals surface area contributed by atoms with E-state index in [1.54, 1.807) is 18.2 Å². The molecule has 0 fully saturated rings. The molecule has 1 aromatic rings. The van der Waals surface area contributed by atoms with Gasteiger partial charge in [0.05, 0.1) is 23.7 Å². The maximum atomic E-state index is 11.8. The topological polar surface area (TPSA) is 153 Å². The van der Waals surface area contributed by atoms with E-state index in [4.69, 9.17) is 10.3 Å². The fourth-order valence-electron chi connectivity index (χ4n) is 1.49. The van der Waals surface area contributed by atoms with Crippen molar-refractivity contribution in [2.45, 2.75) is 0 Å². The molecule has 0 aliphatic carbocycles. The monoisotopic (exact) mass is 352 g/mol. The fraction of sp³-hybridized carbons (Fsp3) is 0.364. The Morgan fingerprint density at radius 1 is 1.18 bits per heavy atom. The van der Waals surface area contributed by atoms with Gasteiger partial charge >= 0.3 is 10.4 Å². The van der Waals surface area contributed by atoms with E-state index < -0.39 is 44.3 Å². The smallest absolute Gasteiger partial charge is 0.397 e. The van der Waals surface area contributed by atoms with Crippen LogP contribution in [0, 0.1) is 0 Å². The second kappa shape index (κ2) is 7.54. The van der Waals surface area contributed by atoms with Gasteiger partial charge in [-0.05, 0) is 12.1 Å². The van der Waals surface area contributed by atoms with Crippen LogP contribution >= 0.6 is 0 Å². The summed E-state index contributed by atoms with van der Waals surface area (Å²) >= 11 is 0. The molecule has 1 rings (SSSR count). The van der Waals surface area contributed by atoms with Crippen molar-refractivity contribution in [1.29, 1.82) is 0 Å². The first-order valence-electron chi connectivity index (χ1n) is 6.06. The molecule has 0 atom stereocenters. The van der Waals surface area contributed by atoms with Gasteiger partial charge in [-0.15, -0.1) is 0 Å². The first kappa shape index (κ1) is 18.4. The average molecular weight is 352 g/mol. The number of amides is 1. The molecule has 0 aliphatic rings. The largest absolute Gasteiger partial charge is 0.398 e. The molecule has 0 heterocycles. The number of rotatable bonds is 8. The minimum absolute atomic E-state index is 0.165. The third kappa shape index (κ3) is 6.85. The van der Waals surface area contributed by atoms with Crippen molar-refractivity contribution in [1.82, 2.24) is 5.32 Å². The van der Waals surface area contributed by atoms with Crippen molar-refractivity contribution < 1.29 is 30.4 Å². The Bertz CT molecular complexity index is 729. The van der Waals surface area contributed by atoms with Crippen LogP contribution in [0.5, 0.6) is 0 Å². The molecule has 0 unspecified atom stereocenters. The van der Waals surface area contributed by atoms with Gasteiger partial charge in [-0.1, -0.05) is 12.1 Å². The molecule has 0 saturated carbocycles. The number of carbonyl (C=O) groups is 1. The number of nitrogens with one attached hydrogen (secondary N) is 1. The van der Waals surface area contributed by atoms with Gasteiger partial charge in [0.2, 0.25) is 0 Å². The van der Waals surface area contributed by atoms with Gasteiger partial charge in [-0.25, -0.2) is 12.6 Å². The zero-order valence-electron chi connectivity index (χ0n) is 11.4. The van der Waals surface area contributed by atoms with Crippen LogP contribution in [0.1, 0.15) is 10.4 Å². The summed E-state index contributed by atoms with van der Waals surface area (Å²) < 4.78 is 55.9. The number of sulfone groups is 1. The lowest BCUT2D eigenvalue weighted by atomic mass is 10.2. The summed E-state index contributed by atoms with van der Waals surface area (Å²) in [6.45, 7) is -0.859. The maximum absolute atomic E-state index is 11.8. The molecule has 4 N–H and O–H groups in total. The minimum atomic E-state index is -4.67. The van der Waals surface area contributed by atoms with Crippen LogP contribution in [0.2, 0.25) is 0 Å². The van der Waals surface area contributed by atoms with E-state index in [1.807, 2.05) is 0 Å². The molecule has 11 heteroatoms. The standard InChI is InChI=1S/C11H16N2O7S2/c12-10-4-2-1-3-9(10)11(14)13-5-7-21(15,16)8-6-20-22(17,18)19/h1-4H,5-8,12H2,(H,13,14)(H,17,18,19). The summed E-state index contributed by atoms with van der Waals surface area (Å²) in [5.74, 6) is -1.52. The van der Waals surface area contributed by atoms with E-state index in [9.17, 15) is 21.6 Å². The molecule has 0 saturated heterocycles. The summed E-state index contributed by atoms with van der Waals surface area (Å²) in [5, 5.41) is 2.40.